The lowest BCUT2D eigenvalue weighted by Gasteiger charge is -2.14. The Morgan fingerprint density at radius 3 is 2.81 bits per heavy atom. The molecule has 0 radical (unpaired) electrons. The number of hydrogen-bond acceptors (Lipinski definition) is 7. The SMILES string of the molecule is Cc1nc(NCCN(C)C)ccc1Nc1ncc2c(n1)-c1ccc(I)cc1NC(=S)C2. The summed E-state index contributed by atoms with van der Waals surface area (Å²) in [5.41, 5.74) is 5.67. The third kappa shape index (κ3) is 5.28. The predicted octanol–water partition coefficient (Wildman–Crippen LogP) is 4.46. The number of anilines is 4. The van der Waals surface area contributed by atoms with Crippen molar-refractivity contribution >= 4 is 62.9 Å². The summed E-state index contributed by atoms with van der Waals surface area (Å²) in [6.07, 6.45) is 2.47. The number of likely N-dealkylation sites (N-methyl/N-ethyl adjacent to an activating group) is 1. The Labute approximate surface area is 201 Å². The molecule has 0 amide bonds. The van der Waals surface area contributed by atoms with E-state index in [1.807, 2.05) is 25.3 Å². The fraction of sp³-hybridized carbons (Fsp3) is 0.273. The Morgan fingerprint density at radius 1 is 1.19 bits per heavy atom. The fourth-order valence-electron chi connectivity index (χ4n) is 3.34. The molecule has 160 valence electrons. The van der Waals surface area contributed by atoms with Gasteiger partial charge in [-0.2, -0.15) is 0 Å². The van der Waals surface area contributed by atoms with Crippen molar-refractivity contribution in [1.29, 1.82) is 0 Å². The molecule has 7 nitrogen and oxygen atoms in total. The number of hydrogen-bond donors (Lipinski definition) is 3. The molecular formula is C22H24IN7S. The average Bonchev–Trinajstić information content (AvgIpc) is 2.84. The lowest BCUT2D eigenvalue weighted by Crippen LogP contribution is -2.21. The van der Waals surface area contributed by atoms with Gasteiger partial charge in [-0.1, -0.05) is 12.2 Å². The number of nitrogens with one attached hydrogen (secondary N) is 3. The molecule has 1 aliphatic heterocycles. The topological polar surface area (TPSA) is 78.0 Å². The van der Waals surface area contributed by atoms with Crippen LogP contribution in [0.1, 0.15) is 11.3 Å². The third-order valence-corrected chi connectivity index (χ3v) is 5.84. The molecule has 1 aliphatic rings. The summed E-state index contributed by atoms with van der Waals surface area (Å²) >= 11 is 7.80. The highest BCUT2D eigenvalue weighted by molar-refractivity contribution is 14.1. The van der Waals surface area contributed by atoms with Gasteiger partial charge in [-0.25, -0.2) is 15.0 Å². The van der Waals surface area contributed by atoms with E-state index in [4.69, 9.17) is 17.2 Å². The monoisotopic (exact) mass is 545 g/mol. The van der Waals surface area contributed by atoms with E-state index < -0.39 is 0 Å². The second-order valence-electron chi connectivity index (χ2n) is 7.67. The van der Waals surface area contributed by atoms with Crippen LogP contribution >= 0.6 is 34.8 Å². The minimum absolute atomic E-state index is 0.536. The Morgan fingerprint density at radius 2 is 2.03 bits per heavy atom. The number of nitrogens with zero attached hydrogens (tertiary/aromatic N) is 4. The Balaban J connectivity index is 1.59. The summed E-state index contributed by atoms with van der Waals surface area (Å²) in [5.74, 6) is 1.39. The van der Waals surface area contributed by atoms with Gasteiger partial charge in [0.15, 0.2) is 0 Å². The number of aromatic nitrogens is 3. The van der Waals surface area contributed by atoms with Crippen molar-refractivity contribution < 1.29 is 0 Å². The van der Waals surface area contributed by atoms with E-state index in [1.165, 1.54) is 0 Å². The molecule has 4 rings (SSSR count). The van der Waals surface area contributed by atoms with Gasteiger partial charge in [-0.05, 0) is 73.9 Å². The number of thiocarbonyl (C=S) groups is 1. The normalized spacial score (nSPS) is 12.6. The van der Waals surface area contributed by atoms with Crippen LogP contribution in [0.3, 0.4) is 0 Å². The lowest BCUT2D eigenvalue weighted by molar-refractivity contribution is 0.425. The van der Waals surface area contributed by atoms with Gasteiger partial charge in [0.05, 0.1) is 22.1 Å². The van der Waals surface area contributed by atoms with Gasteiger partial charge in [-0.3, -0.25) is 0 Å². The molecule has 3 heterocycles. The van der Waals surface area contributed by atoms with Crippen molar-refractivity contribution in [2.24, 2.45) is 0 Å². The first-order valence-corrected chi connectivity index (χ1v) is 11.5. The van der Waals surface area contributed by atoms with E-state index >= 15 is 0 Å². The van der Waals surface area contributed by atoms with E-state index in [1.54, 1.807) is 0 Å². The third-order valence-electron chi connectivity index (χ3n) is 4.92. The lowest BCUT2D eigenvalue weighted by atomic mass is 10.1. The molecule has 3 N–H and O–H groups in total. The Hall–Kier alpha value is -2.37. The first kappa shape index (κ1) is 21.8. The quantitative estimate of drug-likeness (QED) is 0.310. The van der Waals surface area contributed by atoms with Gasteiger partial charge in [0.2, 0.25) is 5.95 Å². The van der Waals surface area contributed by atoms with Crippen molar-refractivity contribution in [2.75, 3.05) is 43.1 Å². The molecule has 0 bridgehead atoms. The summed E-state index contributed by atoms with van der Waals surface area (Å²) < 4.78 is 1.14. The molecule has 2 aromatic heterocycles. The van der Waals surface area contributed by atoms with Crippen LogP contribution < -0.4 is 16.0 Å². The molecule has 0 saturated carbocycles. The van der Waals surface area contributed by atoms with Crippen LogP contribution in [0.15, 0.2) is 36.5 Å². The minimum Gasteiger partial charge on any atom is -0.369 e. The zero-order valence-corrected chi connectivity index (χ0v) is 20.6. The van der Waals surface area contributed by atoms with Crippen LogP contribution in [0.25, 0.3) is 11.3 Å². The van der Waals surface area contributed by atoms with E-state index in [0.717, 1.165) is 61.4 Å². The van der Waals surface area contributed by atoms with Crippen molar-refractivity contribution in [3.05, 3.63) is 51.4 Å². The maximum atomic E-state index is 5.50. The summed E-state index contributed by atoms with van der Waals surface area (Å²) in [5, 5.41) is 10.0. The summed E-state index contributed by atoms with van der Waals surface area (Å²) in [6, 6.07) is 10.2. The van der Waals surface area contributed by atoms with Crippen molar-refractivity contribution in [2.45, 2.75) is 13.3 Å². The molecule has 0 unspecified atom stereocenters. The first-order chi connectivity index (χ1) is 14.9. The number of fused-ring (bicyclic) bond motifs is 3. The molecule has 3 aromatic rings. The largest absolute Gasteiger partial charge is 0.369 e. The first-order valence-electron chi connectivity index (χ1n) is 9.98. The number of pyridine rings is 1. The van der Waals surface area contributed by atoms with Crippen molar-refractivity contribution in [3.8, 4) is 11.3 Å². The summed E-state index contributed by atoms with van der Waals surface area (Å²) in [4.78, 5) is 16.9. The Kier molecular flexibility index (Phi) is 6.63. The predicted molar refractivity (Wildman–Crippen MR) is 139 cm³/mol. The molecule has 31 heavy (non-hydrogen) atoms. The van der Waals surface area contributed by atoms with Crippen LogP contribution in [-0.2, 0) is 6.42 Å². The number of halogens is 1. The van der Waals surface area contributed by atoms with E-state index in [-0.39, 0.29) is 0 Å². The summed E-state index contributed by atoms with van der Waals surface area (Å²) in [7, 11) is 4.10. The second kappa shape index (κ2) is 9.41. The maximum absolute atomic E-state index is 5.50. The highest BCUT2D eigenvalue weighted by atomic mass is 127. The van der Waals surface area contributed by atoms with E-state index in [9.17, 15) is 0 Å². The van der Waals surface area contributed by atoms with Gasteiger partial charge in [0, 0.05) is 46.1 Å². The van der Waals surface area contributed by atoms with Gasteiger partial charge in [0.25, 0.3) is 0 Å². The zero-order chi connectivity index (χ0) is 22.0. The molecule has 0 atom stereocenters. The number of benzene rings is 1. The van der Waals surface area contributed by atoms with Crippen LogP contribution in [0, 0.1) is 10.5 Å². The maximum Gasteiger partial charge on any atom is 0.227 e. The number of aryl methyl sites for hydroxylation is 1. The highest BCUT2D eigenvalue weighted by Crippen LogP contribution is 2.34. The molecule has 0 saturated heterocycles. The molecular weight excluding hydrogens is 521 g/mol. The van der Waals surface area contributed by atoms with Crippen LogP contribution in [0.5, 0.6) is 0 Å². The van der Waals surface area contributed by atoms with Gasteiger partial charge >= 0.3 is 0 Å². The molecule has 1 aromatic carbocycles. The van der Waals surface area contributed by atoms with Crippen molar-refractivity contribution in [3.63, 3.8) is 0 Å². The van der Waals surface area contributed by atoms with Crippen molar-refractivity contribution in [1.82, 2.24) is 19.9 Å². The minimum atomic E-state index is 0.536. The summed E-state index contributed by atoms with van der Waals surface area (Å²) in [6.45, 7) is 3.76. The van der Waals surface area contributed by atoms with Gasteiger partial charge < -0.3 is 20.9 Å². The average molecular weight is 545 g/mol. The molecule has 0 fully saturated rings. The molecule has 0 spiro atoms. The van der Waals surface area contributed by atoms with E-state index in [2.05, 4.69) is 85.7 Å². The molecule has 9 heteroatoms. The standard InChI is InChI=1S/C22H24IN7S/c1-13-17(6-7-19(26-13)24-8-9-30(2)3)28-22-25-12-14-10-20(31)27-18-11-15(23)4-5-16(18)21(14)29-22/h4-7,11-12H,8-10H2,1-3H3,(H,24,26)(H,27,31)(H,25,28,29). The smallest absolute Gasteiger partial charge is 0.227 e. The molecule has 0 aliphatic carbocycles. The Bertz CT molecular complexity index is 1130. The zero-order valence-electron chi connectivity index (χ0n) is 17.7. The van der Waals surface area contributed by atoms with Gasteiger partial charge in [-0.15, -0.1) is 0 Å². The fourth-order valence-corrected chi connectivity index (χ4v) is 4.10. The van der Waals surface area contributed by atoms with Crippen LogP contribution in [0.2, 0.25) is 0 Å². The van der Waals surface area contributed by atoms with Crippen LogP contribution in [-0.4, -0.2) is 52.0 Å². The van der Waals surface area contributed by atoms with Gasteiger partial charge in [0.1, 0.15) is 5.82 Å². The number of rotatable bonds is 6. The highest BCUT2D eigenvalue weighted by Gasteiger charge is 2.19. The van der Waals surface area contributed by atoms with E-state index in [0.29, 0.717) is 12.4 Å². The van der Waals surface area contributed by atoms with Crippen LogP contribution in [0.4, 0.5) is 23.1 Å². The second-order valence-corrected chi connectivity index (χ2v) is 9.41.